The lowest BCUT2D eigenvalue weighted by Gasteiger charge is -2.42. The molecule has 1 aromatic rings. The Labute approximate surface area is 101 Å². The summed E-state index contributed by atoms with van der Waals surface area (Å²) in [6, 6.07) is 6.67. The molecule has 3 heteroatoms. The van der Waals surface area contributed by atoms with Crippen molar-refractivity contribution in [2.45, 2.75) is 24.7 Å². The largest absolute Gasteiger partial charge is 0.352 e. The van der Waals surface area contributed by atoms with E-state index in [0.717, 1.165) is 24.8 Å². The summed E-state index contributed by atoms with van der Waals surface area (Å²) in [5.74, 6) is -0.392. The average molecular weight is 233 g/mol. The zero-order valence-corrected chi connectivity index (χ0v) is 9.71. The molecule has 0 heterocycles. The van der Waals surface area contributed by atoms with Crippen LogP contribution in [0.5, 0.6) is 0 Å². The zero-order chi connectivity index (χ0) is 12.3. The Hall–Kier alpha value is -1.64. The van der Waals surface area contributed by atoms with Gasteiger partial charge >= 0.3 is 0 Å². The van der Waals surface area contributed by atoms with E-state index in [-0.39, 0.29) is 17.1 Å². The Bertz CT molecular complexity index is 438. The van der Waals surface area contributed by atoms with Crippen LogP contribution in [0.1, 0.15) is 24.8 Å². The van der Waals surface area contributed by atoms with Crippen LogP contribution < -0.4 is 5.32 Å². The molecule has 0 aliphatic heterocycles. The van der Waals surface area contributed by atoms with Gasteiger partial charge in [-0.05, 0) is 36.6 Å². The van der Waals surface area contributed by atoms with Crippen LogP contribution in [0, 0.1) is 5.82 Å². The SMILES string of the molecule is C=CC(=O)NCC1(c2cccc(F)c2)CCC1. The quantitative estimate of drug-likeness (QED) is 0.796. The standard InChI is InChI=1S/C14H16FNO/c1-2-13(17)16-10-14(7-4-8-14)11-5-3-6-12(15)9-11/h2-3,5-6,9H,1,4,7-8,10H2,(H,16,17). The van der Waals surface area contributed by atoms with Crippen molar-refractivity contribution < 1.29 is 9.18 Å². The predicted octanol–water partition coefficient (Wildman–Crippen LogP) is 2.55. The van der Waals surface area contributed by atoms with Gasteiger partial charge in [0.05, 0.1) is 0 Å². The molecule has 1 N–H and O–H groups in total. The van der Waals surface area contributed by atoms with Gasteiger partial charge < -0.3 is 5.32 Å². The number of benzene rings is 1. The first-order valence-electron chi connectivity index (χ1n) is 5.83. The highest BCUT2D eigenvalue weighted by atomic mass is 19.1. The van der Waals surface area contributed by atoms with Crippen molar-refractivity contribution in [1.82, 2.24) is 5.32 Å². The molecule has 2 rings (SSSR count). The number of carbonyl (C=O) groups excluding carboxylic acids is 1. The van der Waals surface area contributed by atoms with Gasteiger partial charge in [0.2, 0.25) is 5.91 Å². The minimum absolute atomic E-state index is 0.0826. The molecule has 1 saturated carbocycles. The Morgan fingerprint density at radius 3 is 2.82 bits per heavy atom. The van der Waals surface area contributed by atoms with E-state index < -0.39 is 0 Å². The highest BCUT2D eigenvalue weighted by Crippen LogP contribution is 2.43. The smallest absolute Gasteiger partial charge is 0.243 e. The summed E-state index contributed by atoms with van der Waals surface area (Å²) in [6.07, 6.45) is 4.38. The number of hydrogen-bond donors (Lipinski definition) is 1. The summed E-state index contributed by atoms with van der Waals surface area (Å²) in [5.41, 5.74) is 0.897. The summed E-state index contributed by atoms with van der Waals surface area (Å²) >= 11 is 0. The van der Waals surface area contributed by atoms with Gasteiger partial charge in [-0.2, -0.15) is 0 Å². The van der Waals surface area contributed by atoms with Crippen LogP contribution in [0.4, 0.5) is 4.39 Å². The van der Waals surface area contributed by atoms with Crippen molar-refractivity contribution in [2.24, 2.45) is 0 Å². The molecule has 0 saturated heterocycles. The van der Waals surface area contributed by atoms with Gasteiger partial charge in [0, 0.05) is 12.0 Å². The van der Waals surface area contributed by atoms with Crippen LogP contribution in [-0.4, -0.2) is 12.5 Å². The monoisotopic (exact) mass is 233 g/mol. The molecule has 1 fully saturated rings. The molecule has 0 unspecified atom stereocenters. The van der Waals surface area contributed by atoms with Crippen LogP contribution in [-0.2, 0) is 10.2 Å². The Balaban J connectivity index is 2.14. The van der Waals surface area contributed by atoms with E-state index in [0.29, 0.717) is 6.54 Å². The summed E-state index contributed by atoms with van der Waals surface area (Å²) in [7, 11) is 0. The molecule has 2 nitrogen and oxygen atoms in total. The topological polar surface area (TPSA) is 29.1 Å². The van der Waals surface area contributed by atoms with E-state index in [1.165, 1.54) is 12.1 Å². The third kappa shape index (κ3) is 2.38. The molecule has 0 radical (unpaired) electrons. The summed E-state index contributed by atoms with van der Waals surface area (Å²) < 4.78 is 13.2. The van der Waals surface area contributed by atoms with Crippen molar-refractivity contribution >= 4 is 5.91 Å². The third-order valence-electron chi connectivity index (χ3n) is 3.53. The van der Waals surface area contributed by atoms with Gasteiger partial charge in [-0.3, -0.25) is 4.79 Å². The first-order chi connectivity index (χ1) is 8.16. The van der Waals surface area contributed by atoms with Crippen LogP contribution in [0.15, 0.2) is 36.9 Å². The fourth-order valence-corrected chi connectivity index (χ4v) is 2.32. The molecule has 0 spiro atoms. The maximum Gasteiger partial charge on any atom is 0.243 e. The molecule has 1 aliphatic rings. The molecule has 0 aromatic heterocycles. The summed E-state index contributed by atoms with van der Waals surface area (Å²) in [5, 5.41) is 2.81. The maximum absolute atomic E-state index is 13.2. The second-order valence-corrected chi connectivity index (χ2v) is 4.57. The lowest BCUT2D eigenvalue weighted by Crippen LogP contribution is -2.45. The minimum Gasteiger partial charge on any atom is -0.352 e. The molecule has 0 atom stereocenters. The second-order valence-electron chi connectivity index (χ2n) is 4.57. The number of carbonyl (C=O) groups is 1. The number of hydrogen-bond acceptors (Lipinski definition) is 1. The fourth-order valence-electron chi connectivity index (χ4n) is 2.32. The normalized spacial score (nSPS) is 17.0. The van der Waals surface area contributed by atoms with Crippen molar-refractivity contribution in [2.75, 3.05) is 6.54 Å². The molecular weight excluding hydrogens is 217 g/mol. The van der Waals surface area contributed by atoms with E-state index in [2.05, 4.69) is 11.9 Å². The predicted molar refractivity (Wildman–Crippen MR) is 65.1 cm³/mol. The van der Waals surface area contributed by atoms with Gasteiger partial charge in [-0.1, -0.05) is 25.1 Å². The summed E-state index contributed by atoms with van der Waals surface area (Å²) in [6.45, 7) is 3.98. The first kappa shape index (κ1) is 11.8. The van der Waals surface area contributed by atoms with Crippen LogP contribution in [0.3, 0.4) is 0 Å². The van der Waals surface area contributed by atoms with Crippen LogP contribution >= 0.6 is 0 Å². The van der Waals surface area contributed by atoms with E-state index in [1.807, 2.05) is 6.07 Å². The number of amides is 1. The Morgan fingerprint density at radius 2 is 2.29 bits per heavy atom. The lowest BCUT2D eigenvalue weighted by atomic mass is 9.64. The maximum atomic E-state index is 13.2. The van der Waals surface area contributed by atoms with Crippen molar-refractivity contribution in [3.05, 3.63) is 48.3 Å². The lowest BCUT2D eigenvalue weighted by molar-refractivity contribution is -0.116. The zero-order valence-electron chi connectivity index (χ0n) is 9.71. The highest BCUT2D eigenvalue weighted by Gasteiger charge is 2.38. The van der Waals surface area contributed by atoms with Gasteiger partial charge in [0.1, 0.15) is 5.82 Å². The summed E-state index contributed by atoms with van der Waals surface area (Å²) in [4.78, 5) is 11.2. The first-order valence-corrected chi connectivity index (χ1v) is 5.83. The molecule has 1 aromatic carbocycles. The Kier molecular flexibility index (Phi) is 3.27. The van der Waals surface area contributed by atoms with Gasteiger partial charge in [0.15, 0.2) is 0 Å². The van der Waals surface area contributed by atoms with Crippen LogP contribution in [0.25, 0.3) is 0 Å². The number of halogens is 1. The van der Waals surface area contributed by atoms with Gasteiger partial charge in [-0.25, -0.2) is 4.39 Å². The van der Waals surface area contributed by atoms with Crippen molar-refractivity contribution in [1.29, 1.82) is 0 Å². The third-order valence-corrected chi connectivity index (χ3v) is 3.53. The van der Waals surface area contributed by atoms with E-state index >= 15 is 0 Å². The molecule has 90 valence electrons. The molecule has 1 aliphatic carbocycles. The van der Waals surface area contributed by atoms with Crippen molar-refractivity contribution in [3.8, 4) is 0 Å². The van der Waals surface area contributed by atoms with Gasteiger partial charge in [0.25, 0.3) is 0 Å². The molecule has 17 heavy (non-hydrogen) atoms. The molecule has 1 amide bonds. The minimum atomic E-state index is -0.219. The number of rotatable bonds is 4. The van der Waals surface area contributed by atoms with E-state index in [1.54, 1.807) is 12.1 Å². The van der Waals surface area contributed by atoms with Gasteiger partial charge in [-0.15, -0.1) is 0 Å². The van der Waals surface area contributed by atoms with E-state index in [9.17, 15) is 9.18 Å². The average Bonchev–Trinajstić information content (AvgIpc) is 2.27. The molecule has 0 bridgehead atoms. The highest BCUT2D eigenvalue weighted by molar-refractivity contribution is 5.86. The Morgan fingerprint density at radius 1 is 1.53 bits per heavy atom. The number of nitrogens with one attached hydrogen (secondary N) is 1. The fraction of sp³-hybridized carbons (Fsp3) is 0.357. The van der Waals surface area contributed by atoms with Crippen LogP contribution in [0.2, 0.25) is 0 Å². The van der Waals surface area contributed by atoms with E-state index in [4.69, 9.17) is 0 Å². The molecular formula is C14H16FNO. The van der Waals surface area contributed by atoms with Crippen molar-refractivity contribution in [3.63, 3.8) is 0 Å². The second kappa shape index (κ2) is 4.70.